The number of aromatic nitrogens is 4. The van der Waals surface area contributed by atoms with Gasteiger partial charge in [0.2, 0.25) is 0 Å². The van der Waals surface area contributed by atoms with Crippen LogP contribution in [0, 0.1) is 0 Å². The van der Waals surface area contributed by atoms with Crippen LogP contribution < -0.4 is 11.1 Å². The van der Waals surface area contributed by atoms with Crippen LogP contribution >= 0.6 is 0 Å². The molecule has 0 unspecified atom stereocenters. The molecule has 0 saturated carbocycles. The van der Waals surface area contributed by atoms with Gasteiger partial charge in [-0.05, 0) is 105 Å². The van der Waals surface area contributed by atoms with Gasteiger partial charge in [-0.1, -0.05) is 125 Å². The smallest absolute Gasteiger partial charge is 0.284 e. The highest BCUT2D eigenvalue weighted by Gasteiger charge is 2.38. The minimum absolute atomic E-state index is 0.199. The van der Waals surface area contributed by atoms with Crippen molar-refractivity contribution in [3.05, 3.63) is 201 Å². The van der Waals surface area contributed by atoms with E-state index in [2.05, 4.69) is 158 Å². The third-order valence-corrected chi connectivity index (χ3v) is 14.7. The van der Waals surface area contributed by atoms with E-state index in [1.54, 1.807) is 0 Å². The molecule has 294 valence electrons. The predicted octanol–water partition coefficient (Wildman–Crippen LogP) is 12.3. The molecule has 12 aromatic rings. The molecule has 6 nitrogen and oxygen atoms in total. The highest BCUT2D eigenvalue weighted by atomic mass is 16.2. The van der Waals surface area contributed by atoms with Gasteiger partial charge in [-0.3, -0.25) is 9.59 Å². The Hall–Kier alpha value is -7.70. The molecule has 0 bridgehead atoms. The van der Waals surface area contributed by atoms with E-state index < -0.39 is 0 Å². The first-order valence-corrected chi connectivity index (χ1v) is 21.5. The molecule has 0 amide bonds. The Morgan fingerprint density at radius 2 is 0.742 bits per heavy atom. The number of fused-ring (bicyclic) bond motifs is 17. The lowest BCUT2D eigenvalue weighted by atomic mass is 9.82. The molecule has 0 spiro atoms. The van der Waals surface area contributed by atoms with E-state index in [0.717, 1.165) is 55.0 Å². The van der Waals surface area contributed by atoms with Gasteiger partial charge in [-0.15, -0.1) is 0 Å². The number of nitrogens with zero attached hydrogens (tertiary/aromatic N) is 4. The van der Waals surface area contributed by atoms with E-state index in [1.165, 1.54) is 49.0 Å². The SMILES string of the molecule is CC1(C)c2ccccc2-c2cc3c4ccccc4n(-c4cccc5c4c(=O)n4c(=O)c6c(-n7c8ccccc8c8cc9c(cc87)C(C)(C)c7ccccc7-9)cccc6n54)c3cc21. The van der Waals surface area contributed by atoms with Crippen molar-refractivity contribution >= 4 is 65.4 Å². The van der Waals surface area contributed by atoms with Crippen molar-refractivity contribution < 1.29 is 0 Å². The molecule has 0 atom stereocenters. The summed E-state index contributed by atoms with van der Waals surface area (Å²) in [6.07, 6.45) is 0. The topological polar surface area (TPSA) is 52.8 Å². The van der Waals surface area contributed by atoms with Crippen LogP contribution in [-0.4, -0.2) is 18.2 Å². The first kappa shape index (κ1) is 34.1. The summed E-state index contributed by atoms with van der Waals surface area (Å²) in [4.78, 5) is 30.3. The lowest BCUT2D eigenvalue weighted by Crippen LogP contribution is -2.22. The Bertz CT molecular complexity index is 3890. The van der Waals surface area contributed by atoms with Crippen molar-refractivity contribution in [1.82, 2.24) is 18.2 Å². The fraction of sp³-hybridized carbons (Fsp3) is 0.107. The standard InChI is InChI=1S/C56H38N4O2/c1-55(2)39-19-9-5-15-31(39)35-27-37-33-17-7-11-21-43(33)57(49(37)29-41(35)55)45-23-13-25-47-51(45)53(61)60-54(62)52-46(24-14-26-48(52)59(47)60)58-44-22-12-8-18-34(44)38-28-36-32-16-6-10-20-40(32)56(3,4)42(36)30-50(38)58/h5-30H,1-4H3. The molecule has 0 radical (unpaired) electrons. The van der Waals surface area contributed by atoms with Crippen molar-refractivity contribution in [2.24, 2.45) is 0 Å². The fourth-order valence-electron chi connectivity index (χ4n) is 11.9. The molecule has 0 aliphatic heterocycles. The van der Waals surface area contributed by atoms with Gasteiger partial charge >= 0.3 is 0 Å². The Kier molecular flexibility index (Phi) is 6.13. The largest absolute Gasteiger partial charge is 0.308 e. The van der Waals surface area contributed by atoms with Crippen LogP contribution in [0.3, 0.4) is 0 Å². The highest BCUT2D eigenvalue weighted by molar-refractivity contribution is 6.14. The molecule has 62 heavy (non-hydrogen) atoms. The molecule has 2 aliphatic rings. The highest BCUT2D eigenvalue weighted by Crippen LogP contribution is 2.53. The molecule has 6 heteroatoms. The third-order valence-electron chi connectivity index (χ3n) is 14.7. The molecular weight excluding hydrogens is 761 g/mol. The Morgan fingerprint density at radius 1 is 0.339 bits per heavy atom. The minimum Gasteiger partial charge on any atom is -0.308 e. The van der Waals surface area contributed by atoms with E-state index in [-0.39, 0.29) is 21.9 Å². The second kappa shape index (κ2) is 11.2. The van der Waals surface area contributed by atoms with Crippen LogP contribution in [0.1, 0.15) is 49.9 Å². The zero-order valence-corrected chi connectivity index (χ0v) is 34.6. The minimum atomic E-state index is -0.331. The number of rotatable bonds is 2. The third kappa shape index (κ3) is 3.88. The normalized spacial score (nSPS) is 14.8. The summed E-state index contributed by atoms with van der Waals surface area (Å²) >= 11 is 0. The lowest BCUT2D eigenvalue weighted by molar-refractivity contribution is 0.661. The number of hydrogen-bond donors (Lipinski definition) is 0. The van der Waals surface area contributed by atoms with E-state index in [0.29, 0.717) is 21.8 Å². The molecule has 4 heterocycles. The van der Waals surface area contributed by atoms with Gasteiger partial charge in [0.1, 0.15) is 0 Å². The summed E-state index contributed by atoms with van der Waals surface area (Å²) in [5, 5.41) is 5.52. The van der Waals surface area contributed by atoms with Gasteiger partial charge in [-0.25, -0.2) is 4.52 Å². The Labute approximate surface area is 355 Å². The van der Waals surface area contributed by atoms with Gasteiger partial charge in [0.15, 0.2) is 0 Å². The summed E-state index contributed by atoms with van der Waals surface area (Å²) in [5.41, 5.74) is 16.1. The van der Waals surface area contributed by atoms with Crippen LogP contribution in [0.2, 0.25) is 0 Å². The molecule has 4 aromatic heterocycles. The second-order valence-corrected chi connectivity index (χ2v) is 18.5. The Morgan fingerprint density at radius 3 is 1.21 bits per heavy atom. The zero-order chi connectivity index (χ0) is 41.6. The van der Waals surface area contributed by atoms with Crippen molar-refractivity contribution in [2.45, 2.75) is 38.5 Å². The van der Waals surface area contributed by atoms with E-state index >= 15 is 9.59 Å². The van der Waals surface area contributed by atoms with Crippen molar-refractivity contribution in [1.29, 1.82) is 0 Å². The fourth-order valence-corrected chi connectivity index (χ4v) is 11.9. The monoisotopic (exact) mass is 798 g/mol. The number of hydrogen-bond acceptors (Lipinski definition) is 2. The first-order valence-electron chi connectivity index (χ1n) is 21.5. The van der Waals surface area contributed by atoms with Crippen molar-refractivity contribution in [3.63, 3.8) is 0 Å². The number of para-hydroxylation sites is 2. The lowest BCUT2D eigenvalue weighted by Gasteiger charge is -2.21. The summed E-state index contributed by atoms with van der Waals surface area (Å²) in [7, 11) is 0. The average Bonchev–Trinajstić information content (AvgIpc) is 4.08. The number of benzene rings is 8. The maximum absolute atomic E-state index is 15.2. The second-order valence-electron chi connectivity index (χ2n) is 18.5. The van der Waals surface area contributed by atoms with Crippen LogP contribution in [-0.2, 0) is 10.8 Å². The van der Waals surface area contributed by atoms with Gasteiger partial charge in [0, 0.05) is 32.4 Å². The van der Waals surface area contributed by atoms with Gasteiger partial charge in [0.05, 0.1) is 55.2 Å². The van der Waals surface area contributed by atoms with E-state index in [9.17, 15) is 0 Å². The molecule has 8 aromatic carbocycles. The molecule has 0 saturated heterocycles. The molecule has 0 fully saturated rings. The summed E-state index contributed by atoms with van der Waals surface area (Å²) < 4.78 is 7.68. The summed E-state index contributed by atoms with van der Waals surface area (Å²) in [6, 6.07) is 55.7. The Balaban J connectivity index is 1.04. The van der Waals surface area contributed by atoms with Crippen molar-refractivity contribution in [2.75, 3.05) is 0 Å². The van der Waals surface area contributed by atoms with Gasteiger partial charge < -0.3 is 9.13 Å². The van der Waals surface area contributed by atoms with Crippen LogP contribution in [0.25, 0.3) is 99.0 Å². The van der Waals surface area contributed by atoms with Crippen LogP contribution in [0.4, 0.5) is 0 Å². The summed E-state index contributed by atoms with van der Waals surface area (Å²) in [6.45, 7) is 9.19. The van der Waals surface area contributed by atoms with Crippen LogP contribution in [0.15, 0.2) is 167 Å². The van der Waals surface area contributed by atoms with Gasteiger partial charge in [-0.2, -0.15) is 4.52 Å². The molecule has 0 N–H and O–H groups in total. The quantitative estimate of drug-likeness (QED) is 0.175. The first-order chi connectivity index (χ1) is 30.1. The molecule has 14 rings (SSSR count). The average molecular weight is 799 g/mol. The molecular formula is C56H38N4O2. The van der Waals surface area contributed by atoms with E-state index in [1.807, 2.05) is 40.9 Å². The van der Waals surface area contributed by atoms with Crippen LogP contribution in [0.5, 0.6) is 0 Å². The summed E-state index contributed by atoms with van der Waals surface area (Å²) in [5.74, 6) is 0. The van der Waals surface area contributed by atoms with E-state index in [4.69, 9.17) is 0 Å². The van der Waals surface area contributed by atoms with Gasteiger partial charge in [0.25, 0.3) is 11.1 Å². The zero-order valence-electron chi connectivity index (χ0n) is 34.6. The maximum Gasteiger partial charge on any atom is 0.284 e. The predicted molar refractivity (Wildman–Crippen MR) is 253 cm³/mol. The maximum atomic E-state index is 15.2. The van der Waals surface area contributed by atoms with Crippen molar-refractivity contribution in [3.8, 4) is 33.6 Å². The molecule has 2 aliphatic carbocycles.